The monoisotopic (exact) mass is 597 g/mol. The van der Waals surface area contributed by atoms with Gasteiger partial charge < -0.3 is 0 Å². The molecule has 1 N–H and O–H groups in total. The normalized spacial score (nSPS) is 17.7. The van der Waals surface area contributed by atoms with Gasteiger partial charge in [0, 0.05) is 16.0 Å². The number of para-hydroxylation sites is 1. The summed E-state index contributed by atoms with van der Waals surface area (Å²) in [6, 6.07) is 17.4. The highest BCUT2D eigenvalue weighted by atomic mass is 35.5. The first kappa shape index (κ1) is 25.3. The second kappa shape index (κ2) is 9.85. The van der Waals surface area contributed by atoms with Crippen molar-refractivity contribution < 1.29 is 13.2 Å². The van der Waals surface area contributed by atoms with Crippen molar-refractivity contribution in [2.24, 2.45) is 0 Å². The summed E-state index contributed by atoms with van der Waals surface area (Å²) in [6.07, 6.45) is 0. The van der Waals surface area contributed by atoms with E-state index in [9.17, 15) is 13.2 Å². The van der Waals surface area contributed by atoms with Crippen LogP contribution in [0.2, 0.25) is 15.1 Å². The summed E-state index contributed by atoms with van der Waals surface area (Å²) in [6.45, 7) is 0. The summed E-state index contributed by atoms with van der Waals surface area (Å²) in [5, 5.41) is 2.61. The van der Waals surface area contributed by atoms with Crippen LogP contribution >= 0.6 is 57.7 Å². The number of β-lactam (4-membered cyclic amide) rings is 1. The zero-order chi connectivity index (χ0) is 25.6. The van der Waals surface area contributed by atoms with Crippen LogP contribution in [0.1, 0.15) is 11.6 Å². The molecule has 4 aromatic rings. The Hall–Kier alpha value is -2.33. The van der Waals surface area contributed by atoms with Gasteiger partial charge in [-0.2, -0.15) is 0 Å². The van der Waals surface area contributed by atoms with Gasteiger partial charge in [0.15, 0.2) is 5.13 Å². The number of anilines is 2. The minimum absolute atomic E-state index is 0.0736. The summed E-state index contributed by atoms with van der Waals surface area (Å²) in [4.78, 5) is 18.9. The molecule has 1 fully saturated rings. The highest BCUT2D eigenvalue weighted by molar-refractivity contribution is 7.92. The average molecular weight is 599 g/mol. The molecule has 5 rings (SSSR count). The molecule has 3 aromatic carbocycles. The van der Waals surface area contributed by atoms with Crippen molar-refractivity contribution in [1.82, 2.24) is 4.98 Å². The fraction of sp³-hybridized carbons (Fsp3) is 0.0833. The Balaban J connectivity index is 1.45. The van der Waals surface area contributed by atoms with Crippen LogP contribution in [0, 0.1) is 0 Å². The molecule has 6 nitrogen and oxygen atoms in total. The molecule has 0 saturated carbocycles. The van der Waals surface area contributed by atoms with Crippen molar-refractivity contribution in [2.45, 2.75) is 16.3 Å². The molecule has 1 aliphatic rings. The second-order valence-electron chi connectivity index (χ2n) is 7.85. The maximum Gasteiger partial charge on any atom is 0.261 e. The number of aromatic nitrogens is 1. The van der Waals surface area contributed by atoms with Gasteiger partial charge in [0.2, 0.25) is 5.91 Å². The third kappa shape index (κ3) is 4.69. The number of nitrogens with one attached hydrogen (secondary N) is 1. The lowest BCUT2D eigenvalue weighted by molar-refractivity contribution is -0.123. The van der Waals surface area contributed by atoms with E-state index in [-0.39, 0.29) is 10.8 Å². The van der Waals surface area contributed by atoms with Crippen LogP contribution in [-0.2, 0) is 14.8 Å². The predicted molar refractivity (Wildman–Crippen MR) is 146 cm³/mol. The lowest BCUT2D eigenvalue weighted by Gasteiger charge is -2.42. The van der Waals surface area contributed by atoms with Crippen molar-refractivity contribution in [1.29, 1.82) is 0 Å². The van der Waals surface area contributed by atoms with Crippen molar-refractivity contribution in [3.63, 3.8) is 0 Å². The molecule has 0 radical (unpaired) electrons. The summed E-state index contributed by atoms with van der Waals surface area (Å²) in [5.74, 6) is -0.287. The first-order valence-corrected chi connectivity index (χ1v) is 14.3. The minimum atomic E-state index is -3.87. The third-order valence-corrected chi connectivity index (χ3v) is 9.22. The fourth-order valence-electron chi connectivity index (χ4n) is 3.79. The number of carbonyl (C=O) groups is 1. The second-order valence-corrected chi connectivity index (χ2v) is 12.1. The van der Waals surface area contributed by atoms with Gasteiger partial charge in [0.1, 0.15) is 5.38 Å². The molecule has 1 amide bonds. The van der Waals surface area contributed by atoms with Crippen LogP contribution in [0.3, 0.4) is 0 Å². The number of alkyl halides is 1. The van der Waals surface area contributed by atoms with Crippen molar-refractivity contribution in [3.05, 3.63) is 92.7 Å². The van der Waals surface area contributed by atoms with Gasteiger partial charge >= 0.3 is 0 Å². The number of nitrogens with zero attached hydrogens (tertiary/aromatic N) is 2. The SMILES string of the molecule is O=C1C(Cl)C(c2ccc(Cl)c(Cl)c2)N1c1nc(-c2ccccc2NS(=O)(=O)c2ccc(Cl)cc2)cs1. The van der Waals surface area contributed by atoms with E-state index in [0.29, 0.717) is 37.1 Å². The van der Waals surface area contributed by atoms with E-state index >= 15 is 0 Å². The first-order valence-electron chi connectivity index (χ1n) is 10.4. The molecule has 184 valence electrons. The van der Waals surface area contributed by atoms with Crippen LogP contribution in [0.4, 0.5) is 10.8 Å². The maximum atomic E-state index is 12.9. The van der Waals surface area contributed by atoms with Crippen LogP contribution in [0.15, 0.2) is 77.0 Å². The van der Waals surface area contributed by atoms with Crippen LogP contribution < -0.4 is 9.62 Å². The molecule has 1 aliphatic heterocycles. The fourth-order valence-corrected chi connectivity index (χ4v) is 6.53. The topological polar surface area (TPSA) is 79.4 Å². The number of hydrogen-bond acceptors (Lipinski definition) is 5. The smallest absolute Gasteiger partial charge is 0.261 e. The van der Waals surface area contributed by atoms with Crippen LogP contribution in [0.5, 0.6) is 0 Å². The van der Waals surface area contributed by atoms with Gasteiger partial charge in [-0.05, 0) is 48.0 Å². The molecular formula is C24H15Cl4N3O3S2. The summed E-state index contributed by atoms with van der Waals surface area (Å²) < 4.78 is 28.5. The predicted octanol–water partition coefficient (Wildman–Crippen LogP) is 7.27. The van der Waals surface area contributed by atoms with Gasteiger partial charge in [0.25, 0.3) is 10.0 Å². The van der Waals surface area contributed by atoms with Gasteiger partial charge in [-0.15, -0.1) is 22.9 Å². The number of halogens is 4. The number of carbonyl (C=O) groups excluding carboxylic acids is 1. The number of sulfonamides is 1. The number of thiazole rings is 1. The van der Waals surface area contributed by atoms with E-state index < -0.39 is 21.4 Å². The zero-order valence-corrected chi connectivity index (χ0v) is 22.7. The Labute approximate surface area is 231 Å². The standard InChI is InChI=1S/C24H15Cl4N3O3S2/c25-14-6-8-15(9-7-14)36(33,34)30-19-4-2-1-3-16(19)20-12-35-24(29-20)31-22(21(28)23(31)32)13-5-10-17(26)18(27)11-13/h1-12,21-22,30H. The molecule has 2 unspecified atom stereocenters. The zero-order valence-electron chi connectivity index (χ0n) is 18.0. The number of amides is 1. The van der Waals surface area contributed by atoms with E-state index in [1.807, 2.05) is 0 Å². The van der Waals surface area contributed by atoms with Crippen LogP contribution in [0.25, 0.3) is 11.3 Å². The van der Waals surface area contributed by atoms with E-state index in [4.69, 9.17) is 46.4 Å². The molecule has 2 heterocycles. The van der Waals surface area contributed by atoms with Crippen molar-refractivity contribution >= 4 is 84.5 Å². The third-order valence-electron chi connectivity index (χ3n) is 5.58. The molecular weight excluding hydrogens is 584 g/mol. The Morgan fingerprint density at radius 2 is 1.67 bits per heavy atom. The Morgan fingerprint density at radius 1 is 0.944 bits per heavy atom. The van der Waals surface area contributed by atoms with Crippen molar-refractivity contribution in [3.8, 4) is 11.3 Å². The van der Waals surface area contributed by atoms with E-state index in [1.165, 1.54) is 40.5 Å². The van der Waals surface area contributed by atoms with E-state index in [0.717, 1.165) is 5.56 Å². The molecule has 1 saturated heterocycles. The Bertz CT molecular complexity index is 1580. The van der Waals surface area contributed by atoms with Gasteiger partial charge in [0.05, 0.1) is 32.4 Å². The summed E-state index contributed by atoms with van der Waals surface area (Å²) >= 11 is 25.7. The molecule has 0 bridgehead atoms. The Morgan fingerprint density at radius 3 is 2.39 bits per heavy atom. The molecule has 12 heteroatoms. The minimum Gasteiger partial charge on any atom is -0.279 e. The average Bonchev–Trinajstić information content (AvgIpc) is 3.33. The number of hydrogen-bond donors (Lipinski definition) is 1. The Kier molecular flexibility index (Phi) is 6.93. The molecule has 36 heavy (non-hydrogen) atoms. The van der Waals surface area contributed by atoms with Gasteiger partial charge in [-0.25, -0.2) is 13.4 Å². The lowest BCUT2D eigenvalue weighted by Crippen LogP contribution is -2.56. The highest BCUT2D eigenvalue weighted by Gasteiger charge is 2.49. The van der Waals surface area contributed by atoms with Crippen LogP contribution in [-0.4, -0.2) is 24.7 Å². The van der Waals surface area contributed by atoms with E-state index in [1.54, 1.807) is 47.8 Å². The van der Waals surface area contributed by atoms with Gasteiger partial charge in [-0.1, -0.05) is 59.1 Å². The molecule has 0 spiro atoms. The number of benzene rings is 3. The lowest BCUT2D eigenvalue weighted by atomic mass is 9.94. The first-order chi connectivity index (χ1) is 17.2. The van der Waals surface area contributed by atoms with Gasteiger partial charge in [-0.3, -0.25) is 14.4 Å². The maximum absolute atomic E-state index is 12.9. The summed E-state index contributed by atoms with van der Waals surface area (Å²) in [5.41, 5.74) is 2.13. The van der Waals surface area contributed by atoms with E-state index in [2.05, 4.69) is 9.71 Å². The molecule has 0 aliphatic carbocycles. The highest BCUT2D eigenvalue weighted by Crippen LogP contribution is 2.45. The number of rotatable bonds is 6. The largest absolute Gasteiger partial charge is 0.279 e. The summed E-state index contributed by atoms with van der Waals surface area (Å²) in [7, 11) is -3.87. The quantitative estimate of drug-likeness (QED) is 0.187. The van der Waals surface area contributed by atoms with Crippen molar-refractivity contribution in [2.75, 3.05) is 9.62 Å². The molecule has 1 aromatic heterocycles. The molecule has 2 atom stereocenters.